The van der Waals surface area contributed by atoms with Crippen LogP contribution in [0.4, 0.5) is 0 Å². The van der Waals surface area contributed by atoms with Crippen molar-refractivity contribution < 1.29 is 19.5 Å². The van der Waals surface area contributed by atoms with E-state index in [4.69, 9.17) is 0 Å². The van der Waals surface area contributed by atoms with Gasteiger partial charge < -0.3 is 15.3 Å². The highest BCUT2D eigenvalue weighted by Crippen LogP contribution is 2.23. The number of carboxylic acid groups (broad SMARTS) is 1. The molecule has 0 unspecified atom stereocenters. The average Bonchev–Trinajstić information content (AvgIpc) is 3.11. The fourth-order valence-corrected chi connectivity index (χ4v) is 3.68. The molecule has 2 saturated heterocycles. The van der Waals surface area contributed by atoms with Crippen LogP contribution in [0.25, 0.3) is 0 Å². The number of amides is 2. The zero-order chi connectivity index (χ0) is 17.9. The average molecular weight is 339 g/mol. The van der Waals surface area contributed by atoms with Crippen molar-refractivity contribution >= 4 is 17.8 Å². The van der Waals surface area contributed by atoms with Gasteiger partial charge in [-0.3, -0.25) is 14.5 Å². The van der Waals surface area contributed by atoms with Crippen LogP contribution in [0.5, 0.6) is 0 Å². The molecule has 0 aromatic heterocycles. The van der Waals surface area contributed by atoms with Crippen molar-refractivity contribution in [2.75, 3.05) is 26.2 Å². The summed E-state index contributed by atoms with van der Waals surface area (Å²) in [6.45, 7) is 8.74. The zero-order valence-corrected chi connectivity index (χ0v) is 14.8. The number of hydrogen-bond donors (Lipinski definition) is 2. The van der Waals surface area contributed by atoms with E-state index in [-0.39, 0.29) is 24.2 Å². The predicted octanol–water partition coefficient (Wildman–Crippen LogP) is 0.545. The van der Waals surface area contributed by atoms with Crippen LogP contribution in [-0.4, -0.2) is 71.0 Å². The molecule has 0 spiro atoms. The van der Waals surface area contributed by atoms with E-state index in [1.807, 2.05) is 0 Å². The van der Waals surface area contributed by atoms with Gasteiger partial charge in [0.15, 0.2) is 0 Å². The summed E-state index contributed by atoms with van der Waals surface area (Å²) in [4.78, 5) is 40.0. The number of nitrogens with one attached hydrogen (secondary N) is 1. The molecule has 3 atom stereocenters. The lowest BCUT2D eigenvalue weighted by Crippen LogP contribution is -2.47. The first-order valence-corrected chi connectivity index (χ1v) is 8.88. The number of likely N-dealkylation sites (N-methyl/N-ethyl adjacent to an activating group) is 1. The number of carbonyl (C=O) groups excluding carboxylic acids is 2. The molecule has 2 rings (SSSR count). The lowest BCUT2D eigenvalue weighted by Gasteiger charge is -2.27. The molecule has 2 aliphatic heterocycles. The summed E-state index contributed by atoms with van der Waals surface area (Å²) in [7, 11) is 0. The van der Waals surface area contributed by atoms with Crippen LogP contribution in [-0.2, 0) is 14.4 Å². The predicted molar refractivity (Wildman–Crippen MR) is 89.4 cm³/mol. The number of likely N-dealkylation sites (tertiary alicyclic amines) is 2. The first-order valence-electron chi connectivity index (χ1n) is 8.88. The van der Waals surface area contributed by atoms with E-state index in [1.54, 1.807) is 18.7 Å². The Bertz CT molecular complexity index is 494. The van der Waals surface area contributed by atoms with Crippen molar-refractivity contribution in [3.63, 3.8) is 0 Å². The van der Waals surface area contributed by atoms with Crippen LogP contribution in [0, 0.1) is 11.8 Å². The van der Waals surface area contributed by atoms with Gasteiger partial charge in [0, 0.05) is 25.6 Å². The Hall–Kier alpha value is -1.63. The number of carbonyl (C=O) groups is 3. The Kier molecular flexibility index (Phi) is 6.21. The van der Waals surface area contributed by atoms with Gasteiger partial charge >= 0.3 is 5.97 Å². The van der Waals surface area contributed by atoms with Crippen molar-refractivity contribution in [3.8, 4) is 0 Å². The van der Waals surface area contributed by atoms with Gasteiger partial charge in [-0.2, -0.15) is 0 Å². The number of hydrogen-bond acceptors (Lipinski definition) is 4. The minimum atomic E-state index is -1.04. The van der Waals surface area contributed by atoms with Gasteiger partial charge in [0.2, 0.25) is 11.8 Å². The summed E-state index contributed by atoms with van der Waals surface area (Å²) in [6.07, 6.45) is 2.41. The van der Waals surface area contributed by atoms with E-state index in [0.29, 0.717) is 19.1 Å². The van der Waals surface area contributed by atoms with E-state index in [9.17, 15) is 19.5 Å². The Morgan fingerprint density at radius 2 is 2.08 bits per heavy atom. The summed E-state index contributed by atoms with van der Waals surface area (Å²) in [5, 5.41) is 11.8. The molecule has 7 heteroatoms. The minimum Gasteiger partial charge on any atom is -0.480 e. The molecule has 0 bridgehead atoms. The van der Waals surface area contributed by atoms with Gasteiger partial charge in [-0.1, -0.05) is 20.8 Å². The number of nitrogens with zero attached hydrogens (tertiary/aromatic N) is 2. The molecule has 2 N–H and O–H groups in total. The maximum Gasteiger partial charge on any atom is 0.326 e. The fourth-order valence-electron chi connectivity index (χ4n) is 3.68. The van der Waals surface area contributed by atoms with Crippen LogP contribution in [0.2, 0.25) is 0 Å². The van der Waals surface area contributed by atoms with Gasteiger partial charge in [0.1, 0.15) is 6.04 Å². The fraction of sp³-hybridized carbons (Fsp3) is 0.824. The lowest BCUT2D eigenvalue weighted by molar-refractivity contribution is -0.143. The molecular formula is C17H29N3O4. The lowest BCUT2D eigenvalue weighted by atomic mass is 10.0. The monoisotopic (exact) mass is 339 g/mol. The largest absolute Gasteiger partial charge is 0.480 e. The Morgan fingerprint density at radius 1 is 1.38 bits per heavy atom. The highest BCUT2D eigenvalue weighted by Gasteiger charge is 2.38. The molecule has 2 aliphatic rings. The van der Waals surface area contributed by atoms with Crippen molar-refractivity contribution in [1.29, 1.82) is 0 Å². The van der Waals surface area contributed by atoms with Gasteiger partial charge in [0.05, 0.1) is 5.92 Å². The second kappa shape index (κ2) is 7.96. The standard InChI is InChI=1S/C17H29N3O4/c1-4-19-7-5-6-13(19)10-20-9-12(8-14(20)21)16(22)18-15(11(2)3)17(23)24/h11-13,15H,4-10H2,1-3H3,(H,18,22)(H,23,24)/t12-,13-,15+/m0/s1. The molecule has 2 fully saturated rings. The second-order valence-electron chi connectivity index (χ2n) is 7.19. The molecule has 0 aliphatic carbocycles. The molecule has 0 aromatic carbocycles. The van der Waals surface area contributed by atoms with E-state index in [1.165, 1.54) is 0 Å². The number of aliphatic carboxylic acids is 1. The Labute approximate surface area is 143 Å². The Balaban J connectivity index is 1.91. The first-order chi connectivity index (χ1) is 11.3. The molecule has 2 heterocycles. The van der Waals surface area contributed by atoms with Crippen molar-refractivity contribution in [1.82, 2.24) is 15.1 Å². The summed E-state index contributed by atoms with van der Waals surface area (Å²) >= 11 is 0. The SMILES string of the molecule is CCN1CCC[C@H]1CN1C[C@@H](C(=O)N[C@@H](C(=O)O)C(C)C)CC1=O. The van der Waals surface area contributed by atoms with Gasteiger partial charge in [-0.05, 0) is 31.8 Å². The number of rotatable bonds is 7. The number of carboxylic acids is 1. The van der Waals surface area contributed by atoms with Crippen molar-refractivity contribution in [3.05, 3.63) is 0 Å². The van der Waals surface area contributed by atoms with Gasteiger partial charge in [0.25, 0.3) is 0 Å². The second-order valence-corrected chi connectivity index (χ2v) is 7.19. The molecule has 7 nitrogen and oxygen atoms in total. The summed E-state index contributed by atoms with van der Waals surface area (Å²) in [5.41, 5.74) is 0. The highest BCUT2D eigenvalue weighted by molar-refractivity contribution is 5.91. The summed E-state index contributed by atoms with van der Waals surface area (Å²) in [6, 6.07) is -0.532. The topological polar surface area (TPSA) is 89.9 Å². The zero-order valence-electron chi connectivity index (χ0n) is 14.8. The van der Waals surface area contributed by atoms with Crippen LogP contribution in [0.3, 0.4) is 0 Å². The normalized spacial score (nSPS) is 26.2. The molecule has 136 valence electrons. The van der Waals surface area contributed by atoms with E-state index in [0.717, 1.165) is 25.9 Å². The Morgan fingerprint density at radius 3 is 2.67 bits per heavy atom. The van der Waals surface area contributed by atoms with Crippen LogP contribution in [0.15, 0.2) is 0 Å². The molecule has 0 radical (unpaired) electrons. The molecule has 2 amide bonds. The molecule has 0 saturated carbocycles. The molecular weight excluding hydrogens is 310 g/mol. The highest BCUT2D eigenvalue weighted by atomic mass is 16.4. The maximum atomic E-state index is 12.3. The summed E-state index contributed by atoms with van der Waals surface area (Å²) < 4.78 is 0. The van der Waals surface area contributed by atoms with E-state index < -0.39 is 17.9 Å². The van der Waals surface area contributed by atoms with Crippen molar-refractivity contribution in [2.24, 2.45) is 11.8 Å². The maximum absolute atomic E-state index is 12.3. The third-order valence-corrected chi connectivity index (χ3v) is 5.15. The van der Waals surface area contributed by atoms with Crippen molar-refractivity contribution in [2.45, 2.75) is 52.1 Å². The van der Waals surface area contributed by atoms with Gasteiger partial charge in [-0.25, -0.2) is 4.79 Å². The minimum absolute atomic E-state index is 0.00507. The smallest absolute Gasteiger partial charge is 0.326 e. The van der Waals surface area contributed by atoms with Crippen LogP contribution < -0.4 is 5.32 Å². The van der Waals surface area contributed by atoms with Crippen LogP contribution >= 0.6 is 0 Å². The first kappa shape index (κ1) is 18.7. The quantitative estimate of drug-likeness (QED) is 0.707. The van der Waals surface area contributed by atoms with Gasteiger partial charge in [-0.15, -0.1) is 0 Å². The third-order valence-electron chi connectivity index (χ3n) is 5.15. The van der Waals surface area contributed by atoms with E-state index in [2.05, 4.69) is 17.1 Å². The molecule has 0 aromatic rings. The third kappa shape index (κ3) is 4.26. The van der Waals surface area contributed by atoms with Crippen LogP contribution in [0.1, 0.15) is 40.0 Å². The molecule has 24 heavy (non-hydrogen) atoms. The van der Waals surface area contributed by atoms with E-state index >= 15 is 0 Å². The summed E-state index contributed by atoms with van der Waals surface area (Å²) in [5.74, 6) is -2.02.